The van der Waals surface area contributed by atoms with Gasteiger partial charge in [-0.15, -0.1) is 0 Å². The van der Waals surface area contributed by atoms with Crippen LogP contribution in [-0.2, 0) is 4.74 Å². The van der Waals surface area contributed by atoms with Gasteiger partial charge in [-0.05, 0) is 19.1 Å². The van der Waals surface area contributed by atoms with Crippen molar-refractivity contribution in [3.05, 3.63) is 29.3 Å². The first kappa shape index (κ1) is 15.7. The molecule has 2 atom stereocenters. The normalized spacial score (nSPS) is 22.2. The second-order valence-electron chi connectivity index (χ2n) is 5.03. The number of ether oxygens (including phenoxy) is 1. The summed E-state index contributed by atoms with van der Waals surface area (Å²) in [5, 5.41) is 11.5. The van der Waals surface area contributed by atoms with E-state index in [9.17, 15) is 13.6 Å². The number of hydrogen-bond acceptors (Lipinski definition) is 4. The number of rotatable bonds is 3. The largest absolute Gasteiger partial charge is 0.394 e. The molecular formula is C14H18F2N2O3. The molecule has 1 aromatic rings. The Kier molecular flexibility index (Phi) is 4.74. The Bertz CT molecular complexity index is 516. The molecule has 0 radical (unpaired) electrons. The fourth-order valence-corrected chi connectivity index (χ4v) is 2.43. The number of amides is 1. The number of nitrogens with one attached hydrogen (secondary N) is 1. The number of benzene rings is 1. The molecule has 1 saturated heterocycles. The molecule has 2 N–H and O–H groups in total. The van der Waals surface area contributed by atoms with Crippen molar-refractivity contribution < 1.29 is 23.4 Å². The molecule has 1 aliphatic rings. The Morgan fingerprint density at radius 1 is 1.43 bits per heavy atom. The van der Waals surface area contributed by atoms with E-state index in [4.69, 9.17) is 9.84 Å². The number of anilines is 1. The van der Waals surface area contributed by atoms with E-state index in [0.717, 1.165) is 12.1 Å². The van der Waals surface area contributed by atoms with Gasteiger partial charge < -0.3 is 20.1 Å². The van der Waals surface area contributed by atoms with Crippen molar-refractivity contribution in [3.63, 3.8) is 0 Å². The minimum absolute atomic E-state index is 0.0604. The van der Waals surface area contributed by atoms with Gasteiger partial charge in [0.2, 0.25) is 0 Å². The fourth-order valence-electron chi connectivity index (χ4n) is 2.43. The Morgan fingerprint density at radius 3 is 2.57 bits per heavy atom. The van der Waals surface area contributed by atoms with Gasteiger partial charge in [-0.3, -0.25) is 4.79 Å². The second-order valence-corrected chi connectivity index (χ2v) is 5.03. The van der Waals surface area contributed by atoms with E-state index >= 15 is 0 Å². The summed E-state index contributed by atoms with van der Waals surface area (Å²) >= 11 is 0. The van der Waals surface area contributed by atoms with Crippen LogP contribution in [0.1, 0.15) is 17.3 Å². The summed E-state index contributed by atoms with van der Waals surface area (Å²) in [4.78, 5) is 13.8. The average molecular weight is 300 g/mol. The second kappa shape index (κ2) is 6.36. The number of aliphatic hydroxyl groups is 1. The number of nitrogens with zero attached hydrogens (tertiary/aromatic N) is 1. The van der Waals surface area contributed by atoms with Gasteiger partial charge in [0.25, 0.3) is 5.91 Å². The van der Waals surface area contributed by atoms with E-state index in [1.165, 1.54) is 11.9 Å². The monoisotopic (exact) mass is 300 g/mol. The third-order valence-electron chi connectivity index (χ3n) is 3.36. The number of carbonyl (C=O) groups is 1. The minimum Gasteiger partial charge on any atom is -0.394 e. The van der Waals surface area contributed by atoms with Crippen LogP contribution in [0, 0.1) is 11.6 Å². The zero-order chi connectivity index (χ0) is 15.6. The molecule has 7 heteroatoms. The summed E-state index contributed by atoms with van der Waals surface area (Å²) in [7, 11) is 1.40. The SMILES string of the molecule is CNc1c(F)cc(C(=O)N2CC(C)OC(CO)C2)cc1F. The van der Waals surface area contributed by atoms with Gasteiger partial charge in [0, 0.05) is 25.7 Å². The highest BCUT2D eigenvalue weighted by Gasteiger charge is 2.29. The van der Waals surface area contributed by atoms with Gasteiger partial charge >= 0.3 is 0 Å². The van der Waals surface area contributed by atoms with Crippen molar-refractivity contribution in [1.82, 2.24) is 4.90 Å². The van der Waals surface area contributed by atoms with Crippen molar-refractivity contribution in [2.45, 2.75) is 19.1 Å². The zero-order valence-corrected chi connectivity index (χ0v) is 11.9. The molecule has 2 unspecified atom stereocenters. The number of morpholine rings is 1. The van der Waals surface area contributed by atoms with Crippen LogP contribution in [0.4, 0.5) is 14.5 Å². The summed E-state index contributed by atoms with van der Waals surface area (Å²) < 4.78 is 32.9. The molecule has 1 heterocycles. The molecular weight excluding hydrogens is 282 g/mol. The van der Waals surface area contributed by atoms with Gasteiger partial charge in [0.05, 0.1) is 18.8 Å². The zero-order valence-electron chi connectivity index (χ0n) is 11.9. The van der Waals surface area contributed by atoms with E-state index in [1.807, 2.05) is 0 Å². The van der Waals surface area contributed by atoms with Gasteiger partial charge in [0.15, 0.2) is 0 Å². The Labute approximate surface area is 121 Å². The topological polar surface area (TPSA) is 61.8 Å². The highest BCUT2D eigenvalue weighted by atomic mass is 19.1. The summed E-state index contributed by atoms with van der Waals surface area (Å²) in [5.41, 5.74) is -0.329. The molecule has 0 aliphatic carbocycles. The molecule has 1 aromatic carbocycles. The Morgan fingerprint density at radius 2 is 2.05 bits per heavy atom. The lowest BCUT2D eigenvalue weighted by atomic mass is 10.1. The molecule has 1 fully saturated rings. The molecule has 5 nitrogen and oxygen atoms in total. The quantitative estimate of drug-likeness (QED) is 0.881. The van der Waals surface area contributed by atoms with Crippen molar-refractivity contribution in [1.29, 1.82) is 0 Å². The number of aliphatic hydroxyl groups excluding tert-OH is 1. The van der Waals surface area contributed by atoms with Crippen LogP contribution >= 0.6 is 0 Å². The first-order chi connectivity index (χ1) is 9.96. The van der Waals surface area contributed by atoms with Crippen molar-refractivity contribution in [2.75, 3.05) is 32.1 Å². The molecule has 21 heavy (non-hydrogen) atoms. The molecule has 0 spiro atoms. The van der Waals surface area contributed by atoms with E-state index in [0.29, 0.717) is 6.54 Å². The fraction of sp³-hybridized carbons (Fsp3) is 0.500. The third-order valence-corrected chi connectivity index (χ3v) is 3.36. The van der Waals surface area contributed by atoms with Crippen LogP contribution < -0.4 is 5.32 Å². The number of carbonyl (C=O) groups excluding carboxylic acids is 1. The first-order valence-corrected chi connectivity index (χ1v) is 6.68. The lowest BCUT2D eigenvalue weighted by Crippen LogP contribution is -2.50. The van der Waals surface area contributed by atoms with Gasteiger partial charge in [-0.2, -0.15) is 0 Å². The van der Waals surface area contributed by atoms with E-state index in [2.05, 4.69) is 5.32 Å². The maximum Gasteiger partial charge on any atom is 0.254 e. The average Bonchev–Trinajstić information content (AvgIpc) is 2.45. The molecule has 1 amide bonds. The van der Waals surface area contributed by atoms with Crippen LogP contribution in [0.15, 0.2) is 12.1 Å². The van der Waals surface area contributed by atoms with Gasteiger partial charge in [0.1, 0.15) is 17.3 Å². The van der Waals surface area contributed by atoms with E-state index < -0.39 is 23.6 Å². The standard InChI is InChI=1S/C14H18F2N2O3/c1-8-5-18(6-10(7-19)21-8)14(20)9-3-11(15)13(17-2)12(16)4-9/h3-4,8,10,17,19H,5-7H2,1-2H3. The number of halogens is 2. The number of hydrogen-bond donors (Lipinski definition) is 2. The third kappa shape index (κ3) is 3.30. The van der Waals surface area contributed by atoms with E-state index in [1.54, 1.807) is 6.92 Å². The van der Waals surface area contributed by atoms with E-state index in [-0.39, 0.29) is 30.5 Å². The predicted octanol–water partition coefficient (Wildman–Crippen LogP) is 1.23. The predicted molar refractivity (Wildman–Crippen MR) is 73.2 cm³/mol. The highest BCUT2D eigenvalue weighted by Crippen LogP contribution is 2.22. The maximum atomic E-state index is 13.7. The molecule has 1 aliphatic heterocycles. The van der Waals surface area contributed by atoms with Crippen LogP contribution in [0.25, 0.3) is 0 Å². The van der Waals surface area contributed by atoms with Crippen LogP contribution in [0.3, 0.4) is 0 Å². The van der Waals surface area contributed by atoms with Crippen LogP contribution in [0.5, 0.6) is 0 Å². The maximum absolute atomic E-state index is 13.7. The Hall–Kier alpha value is -1.73. The van der Waals surface area contributed by atoms with Crippen LogP contribution in [-0.4, -0.2) is 54.9 Å². The van der Waals surface area contributed by atoms with Crippen molar-refractivity contribution in [3.8, 4) is 0 Å². The van der Waals surface area contributed by atoms with Crippen molar-refractivity contribution >= 4 is 11.6 Å². The summed E-state index contributed by atoms with van der Waals surface area (Å²) in [6, 6.07) is 2.01. The molecule has 2 rings (SSSR count). The molecule has 0 saturated carbocycles. The van der Waals surface area contributed by atoms with Gasteiger partial charge in [-0.25, -0.2) is 8.78 Å². The lowest BCUT2D eigenvalue weighted by Gasteiger charge is -2.36. The molecule has 0 bridgehead atoms. The molecule has 116 valence electrons. The molecule has 0 aromatic heterocycles. The Balaban J connectivity index is 2.23. The summed E-state index contributed by atoms with van der Waals surface area (Å²) in [5.74, 6) is -2.12. The lowest BCUT2D eigenvalue weighted by molar-refractivity contribution is -0.0858. The summed E-state index contributed by atoms with van der Waals surface area (Å²) in [6.45, 7) is 2.06. The summed E-state index contributed by atoms with van der Waals surface area (Å²) in [6.07, 6.45) is -0.727. The van der Waals surface area contributed by atoms with Crippen LogP contribution in [0.2, 0.25) is 0 Å². The first-order valence-electron chi connectivity index (χ1n) is 6.68. The highest BCUT2D eigenvalue weighted by molar-refractivity contribution is 5.94. The minimum atomic E-state index is -0.819. The van der Waals surface area contributed by atoms with Crippen molar-refractivity contribution in [2.24, 2.45) is 0 Å². The smallest absolute Gasteiger partial charge is 0.254 e. The van der Waals surface area contributed by atoms with Gasteiger partial charge in [-0.1, -0.05) is 0 Å².